The SMILES string of the molecule is CCCCC1C=C([Si]NC)c2ccccc21. The molecule has 0 fully saturated rings. The van der Waals surface area contributed by atoms with E-state index in [0.717, 1.165) is 9.68 Å². The molecule has 1 unspecified atom stereocenters. The Morgan fingerprint density at radius 1 is 1.31 bits per heavy atom. The second-order valence-electron chi connectivity index (χ2n) is 4.29. The molecule has 2 radical (unpaired) electrons. The summed E-state index contributed by atoms with van der Waals surface area (Å²) in [4.78, 5) is 3.29. The van der Waals surface area contributed by atoms with E-state index in [2.05, 4.69) is 42.2 Å². The van der Waals surface area contributed by atoms with Crippen molar-refractivity contribution in [1.29, 1.82) is 0 Å². The molecular weight excluding hydrogens is 210 g/mol. The normalized spacial score (nSPS) is 18.4. The molecule has 2 rings (SSSR count). The van der Waals surface area contributed by atoms with Crippen molar-refractivity contribution < 1.29 is 0 Å². The van der Waals surface area contributed by atoms with Crippen molar-refractivity contribution >= 4 is 14.9 Å². The zero-order chi connectivity index (χ0) is 11.4. The molecule has 1 aromatic carbocycles. The monoisotopic (exact) mass is 229 g/mol. The summed E-state index contributed by atoms with van der Waals surface area (Å²) in [5, 5.41) is 1.50. The Kier molecular flexibility index (Phi) is 3.96. The van der Waals surface area contributed by atoms with Gasteiger partial charge in [-0.2, -0.15) is 0 Å². The number of fused-ring (bicyclic) bond motifs is 1. The van der Waals surface area contributed by atoms with Crippen LogP contribution in [0.1, 0.15) is 43.2 Å². The van der Waals surface area contributed by atoms with Gasteiger partial charge in [0, 0.05) is 5.92 Å². The standard InChI is InChI=1S/C14H19NSi/c1-3-4-7-11-10-14(16-15-2)13-9-6-5-8-12(11)13/h5-6,8-11,15H,3-4,7H2,1-2H3. The van der Waals surface area contributed by atoms with E-state index in [4.69, 9.17) is 0 Å². The fraction of sp³-hybridized carbons (Fsp3) is 0.429. The number of hydrogen-bond acceptors (Lipinski definition) is 1. The molecule has 1 nitrogen and oxygen atoms in total. The molecule has 0 spiro atoms. The number of benzene rings is 1. The molecule has 1 aliphatic rings. The third kappa shape index (κ3) is 2.28. The minimum Gasteiger partial charge on any atom is -0.338 e. The van der Waals surface area contributed by atoms with Crippen molar-refractivity contribution in [3.05, 3.63) is 41.5 Å². The van der Waals surface area contributed by atoms with Gasteiger partial charge in [-0.1, -0.05) is 50.1 Å². The Bertz CT molecular complexity index is 384. The van der Waals surface area contributed by atoms with Crippen LogP contribution in [0.4, 0.5) is 0 Å². The predicted octanol–water partition coefficient (Wildman–Crippen LogP) is 3.15. The van der Waals surface area contributed by atoms with Gasteiger partial charge in [-0.05, 0) is 29.8 Å². The molecule has 0 aromatic heterocycles. The molecule has 0 saturated heterocycles. The van der Waals surface area contributed by atoms with Crippen LogP contribution >= 0.6 is 0 Å². The number of nitrogens with one attached hydrogen (secondary N) is 1. The topological polar surface area (TPSA) is 12.0 Å². The molecule has 0 bridgehead atoms. The first-order valence-corrected chi connectivity index (χ1v) is 7.10. The highest BCUT2D eigenvalue weighted by Crippen LogP contribution is 2.37. The van der Waals surface area contributed by atoms with E-state index < -0.39 is 0 Å². The summed E-state index contributed by atoms with van der Waals surface area (Å²) >= 11 is 0. The Labute approximate surface area is 101 Å². The van der Waals surface area contributed by atoms with Gasteiger partial charge >= 0.3 is 0 Å². The van der Waals surface area contributed by atoms with Crippen LogP contribution in [0.25, 0.3) is 5.20 Å². The van der Waals surface area contributed by atoms with E-state index in [9.17, 15) is 0 Å². The lowest BCUT2D eigenvalue weighted by molar-refractivity contribution is 0.669. The molecule has 0 saturated carbocycles. The Hall–Kier alpha value is -0.863. The Morgan fingerprint density at radius 3 is 2.88 bits per heavy atom. The van der Waals surface area contributed by atoms with Crippen LogP contribution in [-0.2, 0) is 0 Å². The first-order valence-electron chi connectivity index (χ1n) is 6.10. The van der Waals surface area contributed by atoms with Gasteiger partial charge in [-0.15, -0.1) is 0 Å². The first kappa shape index (κ1) is 11.6. The summed E-state index contributed by atoms with van der Waals surface area (Å²) in [7, 11) is 2.77. The van der Waals surface area contributed by atoms with Crippen LogP contribution in [-0.4, -0.2) is 16.7 Å². The van der Waals surface area contributed by atoms with Crippen molar-refractivity contribution in [1.82, 2.24) is 4.98 Å². The van der Waals surface area contributed by atoms with E-state index in [1.165, 1.54) is 35.6 Å². The van der Waals surface area contributed by atoms with Gasteiger partial charge in [-0.3, -0.25) is 0 Å². The summed E-state index contributed by atoms with van der Waals surface area (Å²) in [5.74, 6) is 0.659. The number of hydrogen-bond donors (Lipinski definition) is 1. The van der Waals surface area contributed by atoms with Gasteiger partial charge in [0.1, 0.15) is 0 Å². The average Bonchev–Trinajstić information content (AvgIpc) is 2.66. The quantitative estimate of drug-likeness (QED) is 0.765. The second-order valence-corrected chi connectivity index (χ2v) is 5.58. The van der Waals surface area contributed by atoms with Gasteiger partial charge in [-0.25, -0.2) is 0 Å². The van der Waals surface area contributed by atoms with Gasteiger partial charge in [0.2, 0.25) is 0 Å². The number of rotatable bonds is 5. The number of allylic oxidation sites excluding steroid dienone is 1. The lowest BCUT2D eigenvalue weighted by Gasteiger charge is -2.09. The van der Waals surface area contributed by atoms with Crippen molar-refractivity contribution in [2.24, 2.45) is 0 Å². The van der Waals surface area contributed by atoms with Crippen LogP contribution in [0.5, 0.6) is 0 Å². The van der Waals surface area contributed by atoms with Crippen molar-refractivity contribution in [3.63, 3.8) is 0 Å². The summed E-state index contributed by atoms with van der Waals surface area (Å²) in [5.41, 5.74) is 3.00. The van der Waals surface area contributed by atoms with Crippen molar-refractivity contribution in [2.75, 3.05) is 7.05 Å². The maximum Gasteiger partial charge on any atom is 0.179 e. The molecule has 1 aliphatic carbocycles. The maximum atomic E-state index is 3.29. The molecule has 84 valence electrons. The first-order chi connectivity index (χ1) is 7.86. The smallest absolute Gasteiger partial charge is 0.179 e. The Morgan fingerprint density at radius 2 is 2.12 bits per heavy atom. The summed E-state index contributed by atoms with van der Waals surface area (Å²) in [6.45, 7) is 2.26. The highest BCUT2D eigenvalue weighted by atomic mass is 28.2. The van der Waals surface area contributed by atoms with Crippen LogP contribution < -0.4 is 4.98 Å². The molecule has 16 heavy (non-hydrogen) atoms. The predicted molar refractivity (Wildman–Crippen MR) is 71.5 cm³/mol. The zero-order valence-corrected chi connectivity index (χ0v) is 11.1. The van der Waals surface area contributed by atoms with Gasteiger partial charge in [0.05, 0.1) is 0 Å². The summed E-state index contributed by atoms with van der Waals surface area (Å²) < 4.78 is 0. The van der Waals surface area contributed by atoms with Gasteiger partial charge < -0.3 is 4.98 Å². The fourth-order valence-electron chi connectivity index (χ4n) is 2.35. The largest absolute Gasteiger partial charge is 0.338 e. The molecule has 1 atom stereocenters. The summed E-state index contributed by atoms with van der Waals surface area (Å²) in [6.07, 6.45) is 6.38. The van der Waals surface area contributed by atoms with Crippen molar-refractivity contribution in [3.8, 4) is 0 Å². The van der Waals surface area contributed by atoms with E-state index >= 15 is 0 Å². The lowest BCUT2D eigenvalue weighted by Crippen LogP contribution is -2.13. The molecule has 1 aromatic rings. The van der Waals surface area contributed by atoms with Crippen LogP contribution in [0.2, 0.25) is 0 Å². The van der Waals surface area contributed by atoms with E-state index in [1.807, 2.05) is 7.05 Å². The molecule has 0 aliphatic heterocycles. The van der Waals surface area contributed by atoms with E-state index in [1.54, 1.807) is 0 Å². The fourth-order valence-corrected chi connectivity index (χ4v) is 3.27. The third-order valence-corrected chi connectivity index (χ3v) is 4.10. The minimum absolute atomic E-state index is 0.659. The third-order valence-electron chi connectivity index (χ3n) is 3.15. The maximum absolute atomic E-state index is 3.29. The van der Waals surface area contributed by atoms with Crippen LogP contribution in [0, 0.1) is 0 Å². The molecule has 1 N–H and O–H groups in total. The highest BCUT2D eigenvalue weighted by molar-refractivity contribution is 6.59. The lowest BCUT2D eigenvalue weighted by atomic mass is 9.96. The average molecular weight is 229 g/mol. The Balaban J connectivity index is 2.22. The number of unbranched alkanes of at least 4 members (excludes halogenated alkanes) is 1. The van der Waals surface area contributed by atoms with Gasteiger partial charge in [0.15, 0.2) is 9.68 Å². The van der Waals surface area contributed by atoms with Crippen molar-refractivity contribution in [2.45, 2.75) is 32.1 Å². The molecular formula is C14H19NSi. The van der Waals surface area contributed by atoms with Gasteiger partial charge in [0.25, 0.3) is 0 Å². The zero-order valence-electron chi connectivity index (χ0n) is 10.1. The van der Waals surface area contributed by atoms with E-state index in [0.29, 0.717) is 5.92 Å². The molecule has 0 amide bonds. The van der Waals surface area contributed by atoms with Crippen LogP contribution in [0.3, 0.4) is 0 Å². The minimum atomic E-state index is 0.659. The summed E-state index contributed by atoms with van der Waals surface area (Å²) in [6, 6.07) is 8.86. The molecule has 2 heteroatoms. The second kappa shape index (κ2) is 5.46. The highest BCUT2D eigenvalue weighted by Gasteiger charge is 2.21. The van der Waals surface area contributed by atoms with Crippen LogP contribution in [0.15, 0.2) is 30.3 Å². The molecule has 0 heterocycles. The van der Waals surface area contributed by atoms with E-state index in [-0.39, 0.29) is 0 Å².